The van der Waals surface area contributed by atoms with E-state index in [0.717, 1.165) is 10.2 Å². The fraction of sp³-hybridized carbons (Fsp3) is 0.200. The molecular formula is C20H18N2O4S. The van der Waals surface area contributed by atoms with E-state index >= 15 is 0 Å². The highest BCUT2D eigenvalue weighted by Crippen LogP contribution is 2.17. The maximum absolute atomic E-state index is 12.6. The molecule has 6 nitrogen and oxygen atoms in total. The number of amides is 1. The van der Waals surface area contributed by atoms with Gasteiger partial charge in [0.25, 0.3) is 5.91 Å². The summed E-state index contributed by atoms with van der Waals surface area (Å²) in [5.41, 5.74) is 1.72. The molecule has 27 heavy (non-hydrogen) atoms. The van der Waals surface area contributed by atoms with Gasteiger partial charge in [0.05, 0.1) is 16.8 Å². The lowest BCUT2D eigenvalue weighted by atomic mass is 10.1. The normalized spacial score (nSPS) is 11.6. The van der Waals surface area contributed by atoms with Gasteiger partial charge >= 0.3 is 5.97 Å². The Morgan fingerprint density at radius 1 is 1.04 bits per heavy atom. The predicted molar refractivity (Wildman–Crippen MR) is 103 cm³/mol. The van der Waals surface area contributed by atoms with Gasteiger partial charge in [0.1, 0.15) is 6.54 Å². The Bertz CT molecular complexity index is 1080. The van der Waals surface area contributed by atoms with Crippen molar-refractivity contribution in [2.24, 2.45) is 4.99 Å². The molecule has 0 aliphatic heterocycles. The highest BCUT2D eigenvalue weighted by Gasteiger charge is 2.13. The zero-order valence-corrected chi connectivity index (χ0v) is 15.8. The van der Waals surface area contributed by atoms with Gasteiger partial charge in [-0.25, -0.2) is 0 Å². The monoisotopic (exact) mass is 382 g/mol. The zero-order chi connectivity index (χ0) is 19.4. The van der Waals surface area contributed by atoms with Crippen LogP contribution in [0.1, 0.15) is 34.6 Å². The summed E-state index contributed by atoms with van der Waals surface area (Å²) >= 11 is 1.33. The van der Waals surface area contributed by atoms with Crippen molar-refractivity contribution in [2.45, 2.75) is 20.4 Å². The minimum Gasteiger partial charge on any atom is -0.465 e. The van der Waals surface area contributed by atoms with E-state index < -0.39 is 5.91 Å². The molecule has 1 aromatic heterocycles. The molecule has 1 amide bonds. The van der Waals surface area contributed by atoms with E-state index in [1.165, 1.54) is 18.3 Å². The van der Waals surface area contributed by atoms with Crippen molar-refractivity contribution in [3.05, 3.63) is 64.5 Å². The molecule has 1 heterocycles. The quantitative estimate of drug-likeness (QED) is 0.501. The maximum atomic E-state index is 12.6. The first-order chi connectivity index (χ1) is 13.0. The number of Topliss-reactive ketones (excluding diaryl/α,β-unsaturated/α-hetero) is 1. The second-order valence-corrected chi connectivity index (χ2v) is 6.80. The van der Waals surface area contributed by atoms with Crippen molar-refractivity contribution in [1.29, 1.82) is 0 Å². The van der Waals surface area contributed by atoms with Gasteiger partial charge in [0.2, 0.25) is 0 Å². The number of hydrogen-bond acceptors (Lipinski definition) is 5. The average molecular weight is 382 g/mol. The molecular weight excluding hydrogens is 364 g/mol. The molecule has 0 aliphatic carbocycles. The molecule has 0 fully saturated rings. The van der Waals surface area contributed by atoms with E-state index in [1.807, 2.05) is 24.3 Å². The van der Waals surface area contributed by atoms with Crippen LogP contribution in [0.25, 0.3) is 10.2 Å². The first-order valence-corrected chi connectivity index (χ1v) is 9.25. The summed E-state index contributed by atoms with van der Waals surface area (Å²) in [6.45, 7) is 3.48. The number of benzene rings is 2. The molecule has 0 unspecified atom stereocenters. The molecule has 0 aliphatic rings. The van der Waals surface area contributed by atoms with E-state index in [4.69, 9.17) is 4.74 Å². The minimum atomic E-state index is -0.436. The number of para-hydroxylation sites is 1. The number of nitrogens with zero attached hydrogens (tertiary/aromatic N) is 2. The highest BCUT2D eigenvalue weighted by molar-refractivity contribution is 7.16. The van der Waals surface area contributed by atoms with Crippen LogP contribution in [0.2, 0.25) is 0 Å². The molecule has 0 radical (unpaired) electrons. The number of carbonyl (C=O) groups excluding carboxylic acids is 3. The van der Waals surface area contributed by atoms with Crippen LogP contribution in [0.15, 0.2) is 53.5 Å². The van der Waals surface area contributed by atoms with Crippen molar-refractivity contribution >= 4 is 39.2 Å². The summed E-state index contributed by atoms with van der Waals surface area (Å²) in [7, 11) is 0. The molecule has 3 rings (SSSR count). The van der Waals surface area contributed by atoms with Crippen LogP contribution >= 0.6 is 11.3 Å². The van der Waals surface area contributed by atoms with Crippen LogP contribution in [0, 0.1) is 0 Å². The lowest BCUT2D eigenvalue weighted by Crippen LogP contribution is -2.23. The third-order valence-electron chi connectivity index (χ3n) is 3.92. The molecule has 2 aromatic carbocycles. The van der Waals surface area contributed by atoms with E-state index in [0.29, 0.717) is 15.9 Å². The number of aromatic nitrogens is 1. The van der Waals surface area contributed by atoms with Crippen LogP contribution in [0.4, 0.5) is 0 Å². The molecule has 0 spiro atoms. The minimum absolute atomic E-state index is 0.0206. The second kappa shape index (κ2) is 8.09. The Labute approximate surface area is 159 Å². The number of ether oxygens (including phenoxy) is 1. The molecule has 0 saturated carbocycles. The summed E-state index contributed by atoms with van der Waals surface area (Å²) < 4.78 is 7.63. The van der Waals surface area contributed by atoms with Crippen molar-refractivity contribution in [3.63, 3.8) is 0 Å². The van der Waals surface area contributed by atoms with Crippen molar-refractivity contribution in [1.82, 2.24) is 4.57 Å². The molecule has 0 saturated heterocycles. The number of hydrogen-bond donors (Lipinski definition) is 0. The maximum Gasteiger partial charge on any atom is 0.326 e. The number of rotatable bonds is 5. The van der Waals surface area contributed by atoms with Crippen LogP contribution in [0.3, 0.4) is 0 Å². The summed E-state index contributed by atoms with van der Waals surface area (Å²) in [6, 6.07) is 13.9. The summed E-state index contributed by atoms with van der Waals surface area (Å²) in [6.07, 6.45) is 0. The SMILES string of the molecule is CCOC(=O)Cn1c(=NC(=O)c2ccc(C(C)=O)cc2)sc2ccccc21. The topological polar surface area (TPSA) is 77.7 Å². The smallest absolute Gasteiger partial charge is 0.326 e. The number of carbonyl (C=O) groups is 3. The Morgan fingerprint density at radius 3 is 2.37 bits per heavy atom. The van der Waals surface area contributed by atoms with Gasteiger partial charge in [-0.1, -0.05) is 35.6 Å². The number of esters is 1. The average Bonchev–Trinajstić information content (AvgIpc) is 2.99. The second-order valence-electron chi connectivity index (χ2n) is 5.79. The lowest BCUT2D eigenvalue weighted by Gasteiger charge is -2.05. The number of fused-ring (bicyclic) bond motifs is 1. The van der Waals surface area contributed by atoms with Crippen molar-refractivity contribution in [2.75, 3.05) is 6.61 Å². The summed E-state index contributed by atoms with van der Waals surface area (Å²) in [4.78, 5) is 40.5. The van der Waals surface area contributed by atoms with Gasteiger partial charge in [-0.2, -0.15) is 4.99 Å². The van der Waals surface area contributed by atoms with Gasteiger partial charge in [-0.05, 0) is 38.1 Å². The highest BCUT2D eigenvalue weighted by atomic mass is 32.1. The van der Waals surface area contributed by atoms with Crippen LogP contribution in [-0.2, 0) is 16.1 Å². The number of thiazole rings is 1. The third-order valence-corrected chi connectivity index (χ3v) is 4.98. The van der Waals surface area contributed by atoms with E-state index in [2.05, 4.69) is 4.99 Å². The van der Waals surface area contributed by atoms with E-state index in [9.17, 15) is 14.4 Å². The summed E-state index contributed by atoms with van der Waals surface area (Å²) in [5.74, 6) is -0.891. The van der Waals surface area contributed by atoms with Gasteiger partial charge in [0.15, 0.2) is 10.6 Å². The molecule has 0 atom stereocenters. The first kappa shape index (κ1) is 18.7. The summed E-state index contributed by atoms with van der Waals surface area (Å²) in [5, 5.41) is 0. The molecule has 0 N–H and O–H groups in total. The third kappa shape index (κ3) is 4.20. The van der Waals surface area contributed by atoms with Gasteiger partial charge in [0, 0.05) is 11.1 Å². The molecule has 3 aromatic rings. The fourth-order valence-electron chi connectivity index (χ4n) is 2.59. The first-order valence-electron chi connectivity index (χ1n) is 8.43. The van der Waals surface area contributed by atoms with Crippen LogP contribution in [0.5, 0.6) is 0 Å². The van der Waals surface area contributed by atoms with Crippen molar-refractivity contribution < 1.29 is 19.1 Å². The van der Waals surface area contributed by atoms with Gasteiger partial charge < -0.3 is 9.30 Å². The molecule has 138 valence electrons. The van der Waals surface area contributed by atoms with E-state index in [-0.39, 0.29) is 24.9 Å². The Morgan fingerprint density at radius 2 is 1.70 bits per heavy atom. The lowest BCUT2D eigenvalue weighted by molar-refractivity contribution is -0.143. The Balaban J connectivity index is 2.02. The predicted octanol–water partition coefficient (Wildman–Crippen LogP) is 3.21. The molecule has 7 heteroatoms. The molecule has 0 bridgehead atoms. The van der Waals surface area contributed by atoms with Gasteiger partial charge in [-0.3, -0.25) is 14.4 Å². The van der Waals surface area contributed by atoms with Gasteiger partial charge in [-0.15, -0.1) is 0 Å². The Kier molecular flexibility index (Phi) is 5.61. The zero-order valence-electron chi connectivity index (χ0n) is 15.0. The Hall–Kier alpha value is -3.06. The fourth-order valence-corrected chi connectivity index (χ4v) is 3.62. The van der Waals surface area contributed by atoms with Crippen LogP contribution < -0.4 is 4.80 Å². The standard InChI is InChI=1S/C20H18N2O4S/c1-3-26-18(24)12-22-16-6-4-5-7-17(16)27-20(22)21-19(25)15-10-8-14(9-11-15)13(2)23/h4-11H,3,12H2,1-2H3. The number of ketones is 1. The van der Waals surface area contributed by atoms with Crippen LogP contribution in [-0.4, -0.2) is 28.8 Å². The van der Waals surface area contributed by atoms with E-state index in [1.54, 1.807) is 35.8 Å². The largest absolute Gasteiger partial charge is 0.465 e. The van der Waals surface area contributed by atoms with Crippen molar-refractivity contribution in [3.8, 4) is 0 Å².